The average molecular weight is 250 g/mol. The van der Waals surface area contributed by atoms with E-state index in [-0.39, 0.29) is 5.54 Å². The largest absolute Gasteiger partial charge is 0.486 e. The molecule has 0 saturated carbocycles. The van der Waals surface area contributed by atoms with Crippen LogP contribution in [0.25, 0.3) is 0 Å². The van der Waals surface area contributed by atoms with E-state index in [4.69, 9.17) is 9.47 Å². The van der Waals surface area contributed by atoms with Gasteiger partial charge in [0, 0.05) is 30.4 Å². The molecule has 1 heterocycles. The topological polar surface area (TPSA) is 42.5 Å². The van der Waals surface area contributed by atoms with Gasteiger partial charge in [-0.05, 0) is 32.9 Å². The van der Waals surface area contributed by atoms with Gasteiger partial charge in [-0.1, -0.05) is 0 Å². The van der Waals surface area contributed by atoms with Crippen molar-refractivity contribution in [3.63, 3.8) is 0 Å². The van der Waals surface area contributed by atoms with Crippen molar-refractivity contribution >= 4 is 5.69 Å². The monoisotopic (exact) mass is 250 g/mol. The molecule has 2 N–H and O–H groups in total. The summed E-state index contributed by atoms with van der Waals surface area (Å²) in [5, 5.41) is 6.81. The fourth-order valence-corrected chi connectivity index (χ4v) is 1.80. The van der Waals surface area contributed by atoms with E-state index in [1.54, 1.807) is 0 Å². The van der Waals surface area contributed by atoms with E-state index in [2.05, 4.69) is 31.4 Å². The first-order chi connectivity index (χ1) is 8.54. The van der Waals surface area contributed by atoms with Gasteiger partial charge in [0.25, 0.3) is 0 Å². The second kappa shape index (κ2) is 5.48. The SMILES string of the molecule is CC(C)(C)NCCNc1ccc2c(c1)OCCO2. The fourth-order valence-electron chi connectivity index (χ4n) is 1.80. The van der Waals surface area contributed by atoms with Gasteiger partial charge in [0.15, 0.2) is 11.5 Å². The van der Waals surface area contributed by atoms with Crippen LogP contribution in [0, 0.1) is 0 Å². The van der Waals surface area contributed by atoms with Crippen LogP contribution in [-0.4, -0.2) is 31.8 Å². The zero-order chi connectivity index (χ0) is 13.0. The third-order valence-electron chi connectivity index (χ3n) is 2.65. The Balaban J connectivity index is 1.83. The second-order valence-corrected chi connectivity index (χ2v) is 5.46. The van der Waals surface area contributed by atoms with Crippen molar-refractivity contribution < 1.29 is 9.47 Å². The molecule has 0 aromatic heterocycles. The Kier molecular flexibility index (Phi) is 3.97. The van der Waals surface area contributed by atoms with E-state index in [9.17, 15) is 0 Å². The van der Waals surface area contributed by atoms with Crippen molar-refractivity contribution in [3.05, 3.63) is 18.2 Å². The van der Waals surface area contributed by atoms with Crippen LogP contribution in [0.2, 0.25) is 0 Å². The van der Waals surface area contributed by atoms with Gasteiger partial charge in [-0.2, -0.15) is 0 Å². The first-order valence-corrected chi connectivity index (χ1v) is 6.43. The average Bonchev–Trinajstić information content (AvgIpc) is 2.33. The van der Waals surface area contributed by atoms with E-state index in [0.29, 0.717) is 13.2 Å². The molecule has 1 aliphatic rings. The van der Waals surface area contributed by atoms with Gasteiger partial charge in [0.05, 0.1) is 0 Å². The lowest BCUT2D eigenvalue weighted by atomic mass is 10.1. The van der Waals surface area contributed by atoms with Crippen LogP contribution in [0.15, 0.2) is 18.2 Å². The van der Waals surface area contributed by atoms with Crippen LogP contribution in [0.5, 0.6) is 11.5 Å². The first kappa shape index (κ1) is 13.0. The highest BCUT2D eigenvalue weighted by molar-refractivity contribution is 5.55. The molecule has 1 aliphatic heterocycles. The highest BCUT2D eigenvalue weighted by atomic mass is 16.6. The molecule has 4 heteroatoms. The predicted molar refractivity (Wildman–Crippen MR) is 73.7 cm³/mol. The molecule has 2 rings (SSSR count). The van der Waals surface area contributed by atoms with Crippen LogP contribution < -0.4 is 20.1 Å². The molecule has 0 amide bonds. The number of ether oxygens (including phenoxy) is 2. The summed E-state index contributed by atoms with van der Waals surface area (Å²) < 4.78 is 11.0. The quantitative estimate of drug-likeness (QED) is 0.804. The summed E-state index contributed by atoms with van der Waals surface area (Å²) in [5.74, 6) is 1.66. The molecule has 100 valence electrons. The van der Waals surface area contributed by atoms with E-state index in [1.807, 2.05) is 18.2 Å². The Morgan fingerprint density at radius 2 is 1.78 bits per heavy atom. The highest BCUT2D eigenvalue weighted by Crippen LogP contribution is 2.32. The van der Waals surface area contributed by atoms with E-state index < -0.39 is 0 Å². The molecular formula is C14H22N2O2. The van der Waals surface area contributed by atoms with Crippen molar-refractivity contribution in [1.82, 2.24) is 5.32 Å². The second-order valence-electron chi connectivity index (χ2n) is 5.46. The van der Waals surface area contributed by atoms with Crippen molar-refractivity contribution in [2.24, 2.45) is 0 Å². The number of anilines is 1. The molecule has 0 aliphatic carbocycles. The van der Waals surface area contributed by atoms with Gasteiger partial charge in [0.2, 0.25) is 0 Å². The smallest absolute Gasteiger partial charge is 0.163 e. The molecule has 1 aromatic carbocycles. The summed E-state index contributed by atoms with van der Waals surface area (Å²) in [4.78, 5) is 0. The van der Waals surface area contributed by atoms with Crippen LogP contribution >= 0.6 is 0 Å². The van der Waals surface area contributed by atoms with E-state index >= 15 is 0 Å². The zero-order valence-corrected chi connectivity index (χ0v) is 11.4. The van der Waals surface area contributed by atoms with Crippen LogP contribution in [0.3, 0.4) is 0 Å². The Morgan fingerprint density at radius 3 is 2.50 bits per heavy atom. The number of benzene rings is 1. The first-order valence-electron chi connectivity index (χ1n) is 6.43. The normalized spacial score (nSPS) is 14.4. The van der Waals surface area contributed by atoms with Gasteiger partial charge in [0.1, 0.15) is 13.2 Å². The summed E-state index contributed by atoms with van der Waals surface area (Å²) in [7, 11) is 0. The molecule has 4 nitrogen and oxygen atoms in total. The van der Waals surface area contributed by atoms with E-state index in [1.165, 1.54) is 0 Å². The highest BCUT2D eigenvalue weighted by Gasteiger charge is 2.11. The molecule has 0 bridgehead atoms. The lowest BCUT2D eigenvalue weighted by Gasteiger charge is -2.21. The van der Waals surface area contributed by atoms with Gasteiger partial charge in [-0.3, -0.25) is 0 Å². The fraction of sp³-hybridized carbons (Fsp3) is 0.571. The third-order valence-corrected chi connectivity index (χ3v) is 2.65. The maximum Gasteiger partial charge on any atom is 0.163 e. The summed E-state index contributed by atoms with van der Waals surface area (Å²) in [6.07, 6.45) is 0. The zero-order valence-electron chi connectivity index (χ0n) is 11.4. The van der Waals surface area contributed by atoms with Crippen LogP contribution in [0.4, 0.5) is 5.69 Å². The molecule has 0 atom stereocenters. The Morgan fingerprint density at radius 1 is 1.06 bits per heavy atom. The predicted octanol–water partition coefficient (Wildman–Crippen LogP) is 2.26. The Labute approximate surface area is 109 Å². The van der Waals surface area contributed by atoms with Crippen molar-refractivity contribution in [1.29, 1.82) is 0 Å². The van der Waals surface area contributed by atoms with Crippen molar-refractivity contribution in [3.8, 4) is 11.5 Å². The van der Waals surface area contributed by atoms with Gasteiger partial charge >= 0.3 is 0 Å². The lowest BCUT2D eigenvalue weighted by molar-refractivity contribution is 0.171. The number of hydrogen-bond donors (Lipinski definition) is 2. The standard InChI is InChI=1S/C14H22N2O2/c1-14(2,3)16-7-6-15-11-4-5-12-13(10-11)18-9-8-17-12/h4-5,10,15-16H,6-9H2,1-3H3. The molecule has 0 saturated heterocycles. The summed E-state index contributed by atoms with van der Waals surface area (Å²) in [6, 6.07) is 5.96. The van der Waals surface area contributed by atoms with Crippen LogP contribution in [0.1, 0.15) is 20.8 Å². The summed E-state index contributed by atoms with van der Waals surface area (Å²) in [5.41, 5.74) is 1.23. The van der Waals surface area contributed by atoms with Gasteiger partial charge < -0.3 is 20.1 Å². The van der Waals surface area contributed by atoms with Crippen molar-refractivity contribution in [2.45, 2.75) is 26.3 Å². The molecule has 1 aromatic rings. The van der Waals surface area contributed by atoms with Crippen molar-refractivity contribution in [2.75, 3.05) is 31.6 Å². The van der Waals surface area contributed by atoms with E-state index in [0.717, 1.165) is 30.3 Å². The molecule has 18 heavy (non-hydrogen) atoms. The number of nitrogens with one attached hydrogen (secondary N) is 2. The lowest BCUT2D eigenvalue weighted by Crippen LogP contribution is -2.38. The maximum atomic E-state index is 5.54. The minimum atomic E-state index is 0.161. The summed E-state index contributed by atoms with van der Waals surface area (Å²) in [6.45, 7) is 9.57. The minimum absolute atomic E-state index is 0.161. The van der Waals surface area contributed by atoms with Crippen LogP contribution in [-0.2, 0) is 0 Å². The molecule has 0 radical (unpaired) electrons. The maximum absolute atomic E-state index is 5.54. The molecule has 0 unspecified atom stereocenters. The number of fused-ring (bicyclic) bond motifs is 1. The molecule has 0 spiro atoms. The third kappa shape index (κ3) is 3.81. The molecule has 0 fully saturated rings. The minimum Gasteiger partial charge on any atom is -0.486 e. The number of rotatable bonds is 4. The Hall–Kier alpha value is -1.42. The molecular weight excluding hydrogens is 228 g/mol. The number of hydrogen-bond acceptors (Lipinski definition) is 4. The summed E-state index contributed by atoms with van der Waals surface area (Å²) >= 11 is 0. The Bertz CT molecular complexity index is 399. The van der Waals surface area contributed by atoms with Gasteiger partial charge in [-0.15, -0.1) is 0 Å². The van der Waals surface area contributed by atoms with Gasteiger partial charge in [-0.25, -0.2) is 0 Å².